The Labute approximate surface area is 129 Å². The van der Waals surface area contributed by atoms with Gasteiger partial charge in [-0.15, -0.1) is 0 Å². The van der Waals surface area contributed by atoms with Crippen molar-refractivity contribution in [1.82, 2.24) is 5.32 Å². The normalized spacial score (nSPS) is 11.5. The number of carbonyl (C=O) groups is 1. The highest BCUT2D eigenvalue weighted by Gasteiger charge is 2.04. The van der Waals surface area contributed by atoms with Crippen LogP contribution in [0.25, 0.3) is 0 Å². The number of carbonyl (C=O) groups excluding carboxylic acids is 1. The Bertz CT molecular complexity index is 355. The average molecular weight is 321 g/mol. The first kappa shape index (κ1) is 20.4. The minimum Gasteiger partial charge on any atom is -0.356 e. The molecule has 0 saturated carbocycles. The third-order valence-corrected chi connectivity index (χ3v) is 4.21. The van der Waals surface area contributed by atoms with Crippen molar-refractivity contribution in [2.45, 2.75) is 77.6 Å². The number of rotatable bonds is 14. The highest BCUT2D eigenvalue weighted by atomic mass is 32.2. The molecule has 21 heavy (non-hydrogen) atoms. The molecule has 0 aromatic carbocycles. The third kappa shape index (κ3) is 17.3. The van der Waals surface area contributed by atoms with E-state index in [0.29, 0.717) is 25.8 Å². The first-order valence-corrected chi connectivity index (χ1v) is 9.78. The zero-order chi connectivity index (χ0) is 16.0. The number of nitrogens with one attached hydrogen (secondary N) is 1. The Morgan fingerprint density at radius 2 is 1.48 bits per heavy atom. The van der Waals surface area contributed by atoms with Crippen molar-refractivity contribution in [2.75, 3.05) is 12.3 Å². The SMILES string of the molecule is CCCCCCCCCCC(=O)NCCCCS(=O)(=O)O. The van der Waals surface area contributed by atoms with Crippen LogP contribution in [0.15, 0.2) is 0 Å². The molecule has 0 heterocycles. The topological polar surface area (TPSA) is 83.5 Å². The summed E-state index contributed by atoms with van der Waals surface area (Å²) >= 11 is 0. The van der Waals surface area contributed by atoms with Crippen LogP contribution in [0.5, 0.6) is 0 Å². The van der Waals surface area contributed by atoms with Crippen molar-refractivity contribution >= 4 is 16.0 Å². The van der Waals surface area contributed by atoms with E-state index < -0.39 is 10.1 Å². The fraction of sp³-hybridized carbons (Fsp3) is 0.933. The van der Waals surface area contributed by atoms with E-state index in [1.54, 1.807) is 0 Å². The molecule has 0 rings (SSSR count). The number of hydrogen-bond acceptors (Lipinski definition) is 3. The largest absolute Gasteiger partial charge is 0.356 e. The van der Waals surface area contributed by atoms with Crippen molar-refractivity contribution in [2.24, 2.45) is 0 Å². The van der Waals surface area contributed by atoms with Gasteiger partial charge in [0, 0.05) is 13.0 Å². The van der Waals surface area contributed by atoms with Crippen LogP contribution in [0.2, 0.25) is 0 Å². The highest BCUT2D eigenvalue weighted by Crippen LogP contribution is 2.09. The fourth-order valence-corrected chi connectivity index (χ4v) is 2.71. The van der Waals surface area contributed by atoms with Gasteiger partial charge < -0.3 is 5.32 Å². The van der Waals surface area contributed by atoms with E-state index in [-0.39, 0.29) is 11.7 Å². The molecule has 0 aliphatic heterocycles. The zero-order valence-corrected chi connectivity index (χ0v) is 14.1. The van der Waals surface area contributed by atoms with Crippen molar-refractivity contribution in [3.8, 4) is 0 Å². The summed E-state index contributed by atoms with van der Waals surface area (Å²) < 4.78 is 29.5. The van der Waals surface area contributed by atoms with E-state index in [1.165, 1.54) is 38.5 Å². The molecule has 5 nitrogen and oxygen atoms in total. The van der Waals surface area contributed by atoms with Crippen molar-refractivity contribution in [3.05, 3.63) is 0 Å². The molecule has 2 N–H and O–H groups in total. The molecule has 0 aromatic rings. The first-order chi connectivity index (χ1) is 9.95. The Hall–Kier alpha value is -0.620. The summed E-state index contributed by atoms with van der Waals surface area (Å²) in [6, 6.07) is 0. The van der Waals surface area contributed by atoms with Gasteiger partial charge >= 0.3 is 0 Å². The summed E-state index contributed by atoms with van der Waals surface area (Å²) in [6.45, 7) is 2.69. The summed E-state index contributed by atoms with van der Waals surface area (Å²) in [6.07, 6.45) is 11.2. The molecule has 126 valence electrons. The molecular weight excluding hydrogens is 290 g/mol. The molecular formula is C15H31NO4S. The number of hydrogen-bond donors (Lipinski definition) is 2. The predicted molar refractivity (Wildman–Crippen MR) is 85.9 cm³/mol. The molecule has 0 atom stereocenters. The molecule has 0 spiro atoms. The standard InChI is InChI=1S/C15H31NO4S/c1-2-3-4-5-6-7-8-9-12-15(17)16-13-10-11-14-21(18,19)20/h2-14H2,1H3,(H,16,17)(H,18,19,20). The van der Waals surface area contributed by atoms with Crippen molar-refractivity contribution < 1.29 is 17.8 Å². The van der Waals surface area contributed by atoms with Gasteiger partial charge in [0.05, 0.1) is 5.75 Å². The lowest BCUT2D eigenvalue weighted by Crippen LogP contribution is -2.24. The van der Waals surface area contributed by atoms with Gasteiger partial charge in [0.2, 0.25) is 5.91 Å². The Morgan fingerprint density at radius 3 is 2.05 bits per heavy atom. The quantitative estimate of drug-likeness (QED) is 0.380. The summed E-state index contributed by atoms with van der Waals surface area (Å²) in [5, 5.41) is 2.77. The zero-order valence-electron chi connectivity index (χ0n) is 13.3. The van der Waals surface area contributed by atoms with Crippen LogP contribution in [-0.2, 0) is 14.9 Å². The van der Waals surface area contributed by atoms with Gasteiger partial charge in [0.25, 0.3) is 10.1 Å². The Morgan fingerprint density at radius 1 is 0.905 bits per heavy atom. The van der Waals surface area contributed by atoms with Crippen LogP contribution < -0.4 is 5.32 Å². The van der Waals surface area contributed by atoms with Crippen LogP contribution in [0.3, 0.4) is 0 Å². The van der Waals surface area contributed by atoms with Crippen molar-refractivity contribution in [1.29, 1.82) is 0 Å². The van der Waals surface area contributed by atoms with E-state index in [9.17, 15) is 13.2 Å². The summed E-state index contributed by atoms with van der Waals surface area (Å²) in [5.41, 5.74) is 0. The lowest BCUT2D eigenvalue weighted by atomic mass is 10.1. The molecule has 0 aliphatic rings. The van der Waals surface area contributed by atoms with E-state index in [4.69, 9.17) is 4.55 Å². The maximum atomic E-state index is 11.5. The van der Waals surface area contributed by atoms with Crippen LogP contribution >= 0.6 is 0 Å². The molecule has 6 heteroatoms. The predicted octanol–water partition coefficient (Wildman–Crippen LogP) is 3.30. The van der Waals surface area contributed by atoms with Gasteiger partial charge in [-0.2, -0.15) is 8.42 Å². The number of unbranched alkanes of at least 4 members (excludes halogenated alkanes) is 8. The smallest absolute Gasteiger partial charge is 0.264 e. The number of amides is 1. The molecule has 0 bridgehead atoms. The molecule has 0 saturated heterocycles. The van der Waals surface area contributed by atoms with Gasteiger partial charge in [-0.05, 0) is 19.3 Å². The lowest BCUT2D eigenvalue weighted by molar-refractivity contribution is -0.121. The van der Waals surface area contributed by atoms with Crippen LogP contribution in [0.4, 0.5) is 0 Å². The summed E-state index contributed by atoms with van der Waals surface area (Å²) in [7, 11) is -3.87. The maximum Gasteiger partial charge on any atom is 0.264 e. The van der Waals surface area contributed by atoms with Gasteiger partial charge in [0.15, 0.2) is 0 Å². The van der Waals surface area contributed by atoms with Crippen LogP contribution in [0.1, 0.15) is 77.6 Å². The minimum absolute atomic E-state index is 0.0350. The minimum atomic E-state index is -3.87. The summed E-state index contributed by atoms with van der Waals surface area (Å²) in [4.78, 5) is 11.5. The highest BCUT2D eigenvalue weighted by molar-refractivity contribution is 7.85. The lowest BCUT2D eigenvalue weighted by Gasteiger charge is -2.05. The van der Waals surface area contributed by atoms with Crippen molar-refractivity contribution in [3.63, 3.8) is 0 Å². The second-order valence-electron chi connectivity index (χ2n) is 5.57. The van der Waals surface area contributed by atoms with E-state index in [1.807, 2.05) is 0 Å². The molecule has 0 radical (unpaired) electrons. The second kappa shape index (κ2) is 13.1. The maximum absolute atomic E-state index is 11.5. The van der Waals surface area contributed by atoms with E-state index in [2.05, 4.69) is 12.2 Å². The average Bonchev–Trinajstić information content (AvgIpc) is 2.40. The Kier molecular flexibility index (Phi) is 12.7. The molecule has 0 fully saturated rings. The van der Waals surface area contributed by atoms with E-state index >= 15 is 0 Å². The summed E-state index contributed by atoms with van der Waals surface area (Å²) in [5.74, 6) is -0.200. The Balaban J connectivity index is 3.27. The molecule has 0 aromatic heterocycles. The molecule has 0 unspecified atom stereocenters. The van der Waals surface area contributed by atoms with Gasteiger partial charge in [-0.25, -0.2) is 0 Å². The fourth-order valence-electron chi connectivity index (χ4n) is 2.15. The van der Waals surface area contributed by atoms with Gasteiger partial charge in [-0.1, -0.05) is 51.9 Å². The second-order valence-corrected chi connectivity index (χ2v) is 7.14. The first-order valence-electron chi connectivity index (χ1n) is 8.17. The van der Waals surface area contributed by atoms with E-state index in [0.717, 1.165) is 12.8 Å². The van der Waals surface area contributed by atoms with Crippen LogP contribution in [-0.4, -0.2) is 31.2 Å². The molecule has 1 amide bonds. The molecule has 0 aliphatic carbocycles. The third-order valence-electron chi connectivity index (χ3n) is 3.41. The monoisotopic (exact) mass is 321 g/mol. The van der Waals surface area contributed by atoms with Gasteiger partial charge in [0.1, 0.15) is 0 Å². The van der Waals surface area contributed by atoms with Gasteiger partial charge in [-0.3, -0.25) is 9.35 Å². The van der Waals surface area contributed by atoms with Crippen LogP contribution in [0, 0.1) is 0 Å².